The zero-order chi connectivity index (χ0) is 17.5. The van der Waals surface area contributed by atoms with Gasteiger partial charge in [0.05, 0.1) is 17.9 Å². The molecule has 1 fully saturated rings. The van der Waals surface area contributed by atoms with Crippen molar-refractivity contribution in [3.8, 4) is 5.88 Å². The molecule has 0 aliphatic heterocycles. The number of nitrogens with one attached hydrogen (secondary N) is 1. The van der Waals surface area contributed by atoms with Gasteiger partial charge in [-0.2, -0.15) is 0 Å². The quantitative estimate of drug-likeness (QED) is 0.609. The van der Waals surface area contributed by atoms with Crippen LogP contribution in [0.15, 0.2) is 37.1 Å². The molecule has 8 nitrogen and oxygen atoms in total. The van der Waals surface area contributed by atoms with Gasteiger partial charge in [0.1, 0.15) is 11.9 Å². The minimum atomic E-state index is 0.109. The van der Waals surface area contributed by atoms with E-state index in [0.29, 0.717) is 11.8 Å². The van der Waals surface area contributed by atoms with Crippen LogP contribution in [0.4, 0.5) is 0 Å². The molecule has 4 heterocycles. The van der Waals surface area contributed by atoms with E-state index in [1.54, 1.807) is 24.8 Å². The zero-order valence-electron chi connectivity index (χ0n) is 14.4. The summed E-state index contributed by atoms with van der Waals surface area (Å²) in [4.78, 5) is 15.9. The number of nitrogens with zero attached hydrogens (tertiary/aromatic N) is 6. The fourth-order valence-electron chi connectivity index (χ4n) is 4.09. The molecular formula is C18H19N7O. The third-order valence-corrected chi connectivity index (χ3v) is 5.30. The van der Waals surface area contributed by atoms with E-state index in [2.05, 4.69) is 41.5 Å². The number of hydrogen-bond donors (Lipinski definition) is 1. The highest BCUT2D eigenvalue weighted by molar-refractivity contribution is 5.74. The van der Waals surface area contributed by atoms with E-state index >= 15 is 0 Å². The predicted molar refractivity (Wildman–Crippen MR) is 94.8 cm³/mol. The van der Waals surface area contributed by atoms with E-state index in [0.717, 1.165) is 41.9 Å². The second kappa shape index (κ2) is 6.05. The van der Waals surface area contributed by atoms with Crippen LogP contribution in [-0.2, 0) is 0 Å². The summed E-state index contributed by atoms with van der Waals surface area (Å²) in [7, 11) is 0. The third kappa shape index (κ3) is 2.40. The van der Waals surface area contributed by atoms with Crippen molar-refractivity contribution >= 4 is 16.8 Å². The standard InChI is InChI=1S/C18H19N7O/c1-2-11-7-12(26-16-10-19-5-6-20-16)8-13(11)18-24-23-15-9-22-17-14(25(15)18)3-4-21-17/h3-6,9-13,21H,2,7-8H2,1H3/t11-,12+,13-/m0/s1. The Morgan fingerprint density at radius 3 is 3.00 bits per heavy atom. The topological polar surface area (TPSA) is 93.9 Å². The molecule has 4 aromatic heterocycles. The lowest BCUT2D eigenvalue weighted by atomic mass is 9.93. The average Bonchev–Trinajstić information content (AvgIpc) is 3.39. The molecule has 4 aromatic rings. The van der Waals surface area contributed by atoms with Gasteiger partial charge in [0, 0.05) is 24.5 Å². The summed E-state index contributed by atoms with van der Waals surface area (Å²) in [5, 5.41) is 8.87. The second-order valence-electron chi connectivity index (χ2n) is 6.75. The van der Waals surface area contributed by atoms with Gasteiger partial charge < -0.3 is 9.72 Å². The fourth-order valence-corrected chi connectivity index (χ4v) is 4.09. The lowest BCUT2D eigenvalue weighted by Crippen LogP contribution is -2.13. The normalized spacial score (nSPS) is 23.0. The van der Waals surface area contributed by atoms with E-state index in [1.807, 2.05) is 12.3 Å². The minimum Gasteiger partial charge on any atom is -0.473 e. The van der Waals surface area contributed by atoms with E-state index in [-0.39, 0.29) is 12.0 Å². The van der Waals surface area contributed by atoms with Gasteiger partial charge in [-0.3, -0.25) is 9.38 Å². The number of aromatic nitrogens is 7. The van der Waals surface area contributed by atoms with Crippen molar-refractivity contribution < 1.29 is 4.74 Å². The van der Waals surface area contributed by atoms with Gasteiger partial charge in [-0.1, -0.05) is 13.3 Å². The first-order valence-corrected chi connectivity index (χ1v) is 8.93. The van der Waals surface area contributed by atoms with Crippen molar-refractivity contribution in [2.75, 3.05) is 0 Å². The Kier molecular flexibility index (Phi) is 3.55. The van der Waals surface area contributed by atoms with Gasteiger partial charge in [-0.15, -0.1) is 10.2 Å². The molecule has 1 N–H and O–H groups in total. The number of rotatable bonds is 4. The van der Waals surface area contributed by atoms with E-state index in [9.17, 15) is 0 Å². The summed E-state index contributed by atoms with van der Waals surface area (Å²) in [5.74, 6) is 2.35. The maximum atomic E-state index is 6.07. The van der Waals surface area contributed by atoms with Crippen LogP contribution in [-0.4, -0.2) is 40.6 Å². The maximum Gasteiger partial charge on any atom is 0.232 e. The van der Waals surface area contributed by atoms with Crippen molar-refractivity contribution in [1.82, 2.24) is 34.5 Å². The van der Waals surface area contributed by atoms with Gasteiger partial charge in [0.15, 0.2) is 11.3 Å². The number of aromatic amines is 1. The molecule has 5 rings (SSSR count). The Bertz CT molecular complexity index is 1040. The molecule has 0 spiro atoms. The first kappa shape index (κ1) is 15.2. The second-order valence-corrected chi connectivity index (χ2v) is 6.75. The molecular weight excluding hydrogens is 330 g/mol. The summed E-state index contributed by atoms with van der Waals surface area (Å²) in [6.07, 6.45) is 11.7. The van der Waals surface area contributed by atoms with Crippen LogP contribution in [0.3, 0.4) is 0 Å². The van der Waals surface area contributed by atoms with Crippen LogP contribution in [0.1, 0.15) is 37.9 Å². The van der Waals surface area contributed by atoms with E-state index in [4.69, 9.17) is 4.74 Å². The number of hydrogen-bond acceptors (Lipinski definition) is 6. The van der Waals surface area contributed by atoms with Crippen molar-refractivity contribution in [3.63, 3.8) is 0 Å². The SMILES string of the molecule is CC[C@H]1C[C@@H](Oc2cnccn2)C[C@@H]1c1nnc2cnc3[nH]ccc3n12. The van der Waals surface area contributed by atoms with Crippen LogP contribution >= 0.6 is 0 Å². The molecule has 1 saturated carbocycles. The monoisotopic (exact) mass is 349 g/mol. The number of fused-ring (bicyclic) bond motifs is 3. The van der Waals surface area contributed by atoms with Crippen molar-refractivity contribution in [1.29, 1.82) is 0 Å². The molecule has 0 radical (unpaired) electrons. The van der Waals surface area contributed by atoms with Gasteiger partial charge in [-0.05, 0) is 24.8 Å². The molecule has 26 heavy (non-hydrogen) atoms. The van der Waals surface area contributed by atoms with Gasteiger partial charge in [0.2, 0.25) is 5.88 Å². The Morgan fingerprint density at radius 1 is 1.19 bits per heavy atom. The zero-order valence-corrected chi connectivity index (χ0v) is 14.4. The Labute approximate surface area is 149 Å². The highest BCUT2D eigenvalue weighted by atomic mass is 16.5. The van der Waals surface area contributed by atoms with Crippen LogP contribution in [0.2, 0.25) is 0 Å². The summed E-state index contributed by atoms with van der Waals surface area (Å²) < 4.78 is 8.19. The minimum absolute atomic E-state index is 0.109. The number of H-pyrrole nitrogens is 1. The smallest absolute Gasteiger partial charge is 0.232 e. The summed E-state index contributed by atoms with van der Waals surface area (Å²) in [6.45, 7) is 2.22. The Hall–Kier alpha value is -3.03. The van der Waals surface area contributed by atoms with Crippen LogP contribution < -0.4 is 4.74 Å². The molecule has 132 valence electrons. The molecule has 0 saturated heterocycles. The van der Waals surface area contributed by atoms with E-state index < -0.39 is 0 Å². The summed E-state index contributed by atoms with van der Waals surface area (Å²) in [6, 6.07) is 2.02. The number of ether oxygens (including phenoxy) is 1. The molecule has 1 aliphatic rings. The maximum absolute atomic E-state index is 6.07. The Morgan fingerprint density at radius 2 is 2.15 bits per heavy atom. The van der Waals surface area contributed by atoms with Crippen molar-refractivity contribution in [3.05, 3.63) is 42.9 Å². The molecule has 0 unspecified atom stereocenters. The molecule has 0 amide bonds. The first-order chi connectivity index (χ1) is 12.8. The first-order valence-electron chi connectivity index (χ1n) is 8.93. The molecule has 3 atom stereocenters. The van der Waals surface area contributed by atoms with Crippen LogP contribution in [0, 0.1) is 5.92 Å². The summed E-state index contributed by atoms with van der Waals surface area (Å²) in [5.41, 5.74) is 2.63. The highest BCUT2D eigenvalue weighted by Crippen LogP contribution is 2.42. The summed E-state index contributed by atoms with van der Waals surface area (Å²) >= 11 is 0. The molecule has 1 aliphatic carbocycles. The van der Waals surface area contributed by atoms with Crippen molar-refractivity contribution in [2.24, 2.45) is 5.92 Å². The molecule has 0 aromatic carbocycles. The van der Waals surface area contributed by atoms with Gasteiger partial charge in [-0.25, -0.2) is 9.97 Å². The lowest BCUT2D eigenvalue weighted by molar-refractivity contribution is 0.194. The average molecular weight is 349 g/mol. The van der Waals surface area contributed by atoms with Crippen molar-refractivity contribution in [2.45, 2.75) is 38.2 Å². The van der Waals surface area contributed by atoms with Crippen LogP contribution in [0.25, 0.3) is 16.8 Å². The van der Waals surface area contributed by atoms with Crippen LogP contribution in [0.5, 0.6) is 5.88 Å². The third-order valence-electron chi connectivity index (χ3n) is 5.30. The fraction of sp³-hybridized carbons (Fsp3) is 0.389. The molecule has 0 bridgehead atoms. The Balaban J connectivity index is 1.51. The van der Waals surface area contributed by atoms with Gasteiger partial charge in [0.25, 0.3) is 0 Å². The largest absolute Gasteiger partial charge is 0.473 e. The highest BCUT2D eigenvalue weighted by Gasteiger charge is 2.38. The molecule has 8 heteroatoms. The van der Waals surface area contributed by atoms with E-state index in [1.165, 1.54) is 0 Å². The van der Waals surface area contributed by atoms with Gasteiger partial charge >= 0.3 is 0 Å². The lowest BCUT2D eigenvalue weighted by Gasteiger charge is -2.15. The predicted octanol–water partition coefficient (Wildman–Crippen LogP) is 2.75.